The minimum Gasteiger partial charge on any atom is -0.508 e. The van der Waals surface area contributed by atoms with Crippen LogP contribution in [0.2, 0.25) is 0 Å². The standard InChI is InChI=1S/C11H15NO/c12-11(8-3-1-4-8)9-5-2-6-10(13)7-9/h2,5-8,11,13H,1,3-4,12H2/t11-/m1/s1. The van der Waals surface area contributed by atoms with Crippen molar-refractivity contribution in [3.05, 3.63) is 29.8 Å². The maximum Gasteiger partial charge on any atom is 0.115 e. The molecule has 3 N–H and O–H groups in total. The summed E-state index contributed by atoms with van der Waals surface area (Å²) in [7, 11) is 0. The Kier molecular flexibility index (Phi) is 2.23. The molecule has 2 nitrogen and oxygen atoms in total. The Morgan fingerprint density at radius 3 is 2.69 bits per heavy atom. The topological polar surface area (TPSA) is 46.2 Å². The van der Waals surface area contributed by atoms with Crippen molar-refractivity contribution in [1.29, 1.82) is 0 Å². The molecule has 1 aliphatic carbocycles. The van der Waals surface area contributed by atoms with E-state index in [9.17, 15) is 5.11 Å². The van der Waals surface area contributed by atoms with Gasteiger partial charge in [0.25, 0.3) is 0 Å². The zero-order chi connectivity index (χ0) is 9.26. The van der Waals surface area contributed by atoms with Crippen LogP contribution in [0.3, 0.4) is 0 Å². The van der Waals surface area contributed by atoms with Crippen LogP contribution < -0.4 is 5.73 Å². The highest BCUT2D eigenvalue weighted by Gasteiger charge is 2.25. The molecule has 0 saturated heterocycles. The van der Waals surface area contributed by atoms with E-state index in [4.69, 9.17) is 5.73 Å². The smallest absolute Gasteiger partial charge is 0.115 e. The molecule has 0 amide bonds. The zero-order valence-corrected chi connectivity index (χ0v) is 7.61. The van der Waals surface area contributed by atoms with Crippen LogP contribution in [-0.4, -0.2) is 5.11 Å². The molecule has 0 bridgehead atoms. The number of rotatable bonds is 2. The van der Waals surface area contributed by atoms with E-state index >= 15 is 0 Å². The summed E-state index contributed by atoms with van der Waals surface area (Å²) in [5.41, 5.74) is 7.12. The molecule has 1 aromatic rings. The van der Waals surface area contributed by atoms with Gasteiger partial charge in [-0.3, -0.25) is 0 Å². The Morgan fingerprint density at radius 1 is 1.38 bits per heavy atom. The molecule has 1 fully saturated rings. The molecule has 0 radical (unpaired) electrons. The van der Waals surface area contributed by atoms with Crippen LogP contribution in [0, 0.1) is 5.92 Å². The molecule has 1 aromatic carbocycles. The summed E-state index contributed by atoms with van der Waals surface area (Å²) < 4.78 is 0. The monoisotopic (exact) mass is 177 g/mol. The summed E-state index contributed by atoms with van der Waals surface area (Å²) in [6.45, 7) is 0. The molecule has 1 atom stereocenters. The molecule has 2 rings (SSSR count). The second-order valence-electron chi connectivity index (χ2n) is 3.81. The van der Waals surface area contributed by atoms with Crippen molar-refractivity contribution >= 4 is 0 Å². The van der Waals surface area contributed by atoms with Gasteiger partial charge in [0, 0.05) is 6.04 Å². The number of aromatic hydroxyl groups is 1. The number of phenols is 1. The summed E-state index contributed by atoms with van der Waals surface area (Å²) in [5.74, 6) is 0.939. The highest BCUT2D eigenvalue weighted by atomic mass is 16.3. The van der Waals surface area contributed by atoms with Crippen LogP contribution in [0.1, 0.15) is 30.9 Å². The van der Waals surface area contributed by atoms with Crippen LogP contribution in [0.5, 0.6) is 5.75 Å². The largest absolute Gasteiger partial charge is 0.508 e. The first-order valence-electron chi connectivity index (χ1n) is 4.82. The summed E-state index contributed by atoms with van der Waals surface area (Å²) >= 11 is 0. The van der Waals surface area contributed by atoms with E-state index in [2.05, 4.69) is 0 Å². The van der Waals surface area contributed by atoms with Crippen molar-refractivity contribution < 1.29 is 5.11 Å². The molecular formula is C11H15NO. The van der Waals surface area contributed by atoms with Crippen molar-refractivity contribution in [2.24, 2.45) is 11.7 Å². The van der Waals surface area contributed by atoms with Gasteiger partial charge in [-0.25, -0.2) is 0 Å². The lowest BCUT2D eigenvalue weighted by Gasteiger charge is -2.31. The Labute approximate surface area is 78.4 Å². The molecule has 0 aliphatic heterocycles. The van der Waals surface area contributed by atoms with E-state index < -0.39 is 0 Å². The maximum absolute atomic E-state index is 9.28. The predicted octanol–water partition coefficient (Wildman–Crippen LogP) is 2.19. The van der Waals surface area contributed by atoms with E-state index in [-0.39, 0.29) is 6.04 Å². The number of nitrogens with two attached hydrogens (primary N) is 1. The van der Waals surface area contributed by atoms with E-state index in [0.29, 0.717) is 11.7 Å². The number of hydrogen-bond donors (Lipinski definition) is 2. The lowest BCUT2D eigenvalue weighted by atomic mass is 9.77. The second-order valence-corrected chi connectivity index (χ2v) is 3.81. The lowest BCUT2D eigenvalue weighted by molar-refractivity contribution is 0.264. The third-order valence-electron chi connectivity index (χ3n) is 2.91. The Hall–Kier alpha value is -1.02. The van der Waals surface area contributed by atoms with Crippen LogP contribution in [-0.2, 0) is 0 Å². The average molecular weight is 177 g/mol. The van der Waals surface area contributed by atoms with Gasteiger partial charge in [-0.2, -0.15) is 0 Å². The fourth-order valence-corrected chi connectivity index (χ4v) is 1.80. The zero-order valence-electron chi connectivity index (χ0n) is 7.61. The lowest BCUT2D eigenvalue weighted by Crippen LogP contribution is -2.26. The first-order chi connectivity index (χ1) is 6.27. The molecule has 1 saturated carbocycles. The average Bonchev–Trinajstić information content (AvgIpc) is 2.01. The fourth-order valence-electron chi connectivity index (χ4n) is 1.80. The molecular weight excluding hydrogens is 162 g/mol. The third-order valence-corrected chi connectivity index (χ3v) is 2.91. The van der Waals surface area contributed by atoms with Gasteiger partial charge in [-0.15, -0.1) is 0 Å². The van der Waals surface area contributed by atoms with Gasteiger partial charge in [0.15, 0.2) is 0 Å². The van der Waals surface area contributed by atoms with Gasteiger partial charge in [-0.1, -0.05) is 18.6 Å². The van der Waals surface area contributed by atoms with Gasteiger partial charge in [0.05, 0.1) is 0 Å². The highest BCUT2D eigenvalue weighted by Crippen LogP contribution is 2.36. The minimum absolute atomic E-state index is 0.112. The van der Waals surface area contributed by atoms with E-state index in [1.54, 1.807) is 12.1 Å². The SMILES string of the molecule is N[C@@H](c1cccc(O)c1)C1CCC1. The Balaban J connectivity index is 2.14. The van der Waals surface area contributed by atoms with Crippen LogP contribution >= 0.6 is 0 Å². The minimum atomic E-state index is 0.112. The normalized spacial score (nSPS) is 19.5. The van der Waals surface area contributed by atoms with Gasteiger partial charge in [0.1, 0.15) is 5.75 Å². The van der Waals surface area contributed by atoms with E-state index in [1.165, 1.54) is 19.3 Å². The molecule has 0 unspecified atom stereocenters. The molecule has 0 spiro atoms. The summed E-state index contributed by atoms with van der Waals surface area (Å²) in [6, 6.07) is 7.40. The first kappa shape index (κ1) is 8.57. The molecule has 2 heteroatoms. The van der Waals surface area contributed by atoms with E-state index in [1.807, 2.05) is 12.1 Å². The Bertz CT molecular complexity index is 294. The van der Waals surface area contributed by atoms with Crippen molar-refractivity contribution in [3.8, 4) is 5.75 Å². The number of phenolic OH excluding ortho intramolecular Hbond substituents is 1. The molecule has 70 valence electrons. The Morgan fingerprint density at radius 2 is 2.15 bits per heavy atom. The first-order valence-corrected chi connectivity index (χ1v) is 4.82. The fraction of sp³-hybridized carbons (Fsp3) is 0.455. The molecule has 0 heterocycles. The predicted molar refractivity (Wildman–Crippen MR) is 52.4 cm³/mol. The van der Waals surface area contributed by atoms with Gasteiger partial charge < -0.3 is 10.8 Å². The van der Waals surface area contributed by atoms with Gasteiger partial charge in [0.2, 0.25) is 0 Å². The van der Waals surface area contributed by atoms with Crippen LogP contribution in [0.15, 0.2) is 24.3 Å². The van der Waals surface area contributed by atoms with Crippen molar-refractivity contribution in [2.45, 2.75) is 25.3 Å². The van der Waals surface area contributed by atoms with Gasteiger partial charge >= 0.3 is 0 Å². The van der Waals surface area contributed by atoms with Crippen LogP contribution in [0.4, 0.5) is 0 Å². The summed E-state index contributed by atoms with van der Waals surface area (Å²) in [4.78, 5) is 0. The number of hydrogen-bond acceptors (Lipinski definition) is 2. The quantitative estimate of drug-likeness (QED) is 0.727. The maximum atomic E-state index is 9.28. The van der Waals surface area contributed by atoms with Crippen molar-refractivity contribution in [2.75, 3.05) is 0 Å². The summed E-state index contributed by atoms with van der Waals surface area (Å²) in [6.07, 6.45) is 3.77. The second kappa shape index (κ2) is 3.38. The third kappa shape index (κ3) is 1.68. The van der Waals surface area contributed by atoms with Crippen molar-refractivity contribution in [1.82, 2.24) is 0 Å². The summed E-state index contributed by atoms with van der Waals surface area (Å²) in [5, 5.41) is 9.28. The highest BCUT2D eigenvalue weighted by molar-refractivity contribution is 5.29. The molecule has 0 aromatic heterocycles. The van der Waals surface area contributed by atoms with Crippen molar-refractivity contribution in [3.63, 3.8) is 0 Å². The van der Waals surface area contributed by atoms with E-state index in [0.717, 1.165) is 5.56 Å². The molecule has 1 aliphatic rings. The van der Waals surface area contributed by atoms with Gasteiger partial charge in [-0.05, 0) is 36.5 Å². The molecule has 13 heavy (non-hydrogen) atoms. The number of benzene rings is 1. The van der Waals surface area contributed by atoms with Crippen LogP contribution in [0.25, 0.3) is 0 Å².